The lowest BCUT2D eigenvalue weighted by Gasteiger charge is -2.31. The number of aromatic nitrogens is 2. The second-order valence-electron chi connectivity index (χ2n) is 6.09. The predicted molar refractivity (Wildman–Crippen MR) is 95.0 cm³/mol. The lowest BCUT2D eigenvalue weighted by Crippen LogP contribution is -2.39. The second kappa shape index (κ2) is 7.94. The van der Waals surface area contributed by atoms with E-state index in [0.29, 0.717) is 25.5 Å². The van der Waals surface area contributed by atoms with Crippen LogP contribution in [0.1, 0.15) is 18.5 Å². The van der Waals surface area contributed by atoms with Crippen molar-refractivity contribution in [3.8, 4) is 0 Å². The summed E-state index contributed by atoms with van der Waals surface area (Å²) in [5.74, 6) is 0.0956. The third kappa shape index (κ3) is 4.45. The van der Waals surface area contributed by atoms with Crippen molar-refractivity contribution < 1.29 is 14.6 Å². The molecule has 1 aromatic heterocycles. The summed E-state index contributed by atoms with van der Waals surface area (Å²) in [4.78, 5) is 22.4. The number of ether oxygens (including phenoxy) is 1. The van der Waals surface area contributed by atoms with Gasteiger partial charge in [-0.25, -0.2) is 4.98 Å². The Morgan fingerprint density at radius 2 is 2.16 bits per heavy atom. The molecule has 0 radical (unpaired) electrons. The summed E-state index contributed by atoms with van der Waals surface area (Å²) in [6, 6.07) is 11.6. The van der Waals surface area contributed by atoms with Crippen LogP contribution in [0.25, 0.3) is 0 Å². The van der Waals surface area contributed by atoms with Gasteiger partial charge < -0.3 is 20.1 Å². The van der Waals surface area contributed by atoms with Crippen LogP contribution in [0, 0.1) is 5.92 Å². The number of carboxylic acids is 1. The molecular weight excluding hydrogens is 320 g/mol. The zero-order valence-corrected chi connectivity index (χ0v) is 14.2. The monoisotopic (exact) mass is 342 g/mol. The Labute approximate surface area is 146 Å². The van der Waals surface area contributed by atoms with Crippen LogP contribution in [0.3, 0.4) is 0 Å². The summed E-state index contributed by atoms with van der Waals surface area (Å²) in [6.45, 7) is 1.62. The molecule has 25 heavy (non-hydrogen) atoms. The zero-order valence-electron chi connectivity index (χ0n) is 14.2. The van der Waals surface area contributed by atoms with Gasteiger partial charge in [-0.2, -0.15) is 4.98 Å². The highest BCUT2D eigenvalue weighted by molar-refractivity contribution is 5.71. The molecule has 7 nitrogen and oxygen atoms in total. The lowest BCUT2D eigenvalue weighted by molar-refractivity contribution is -0.141. The summed E-state index contributed by atoms with van der Waals surface area (Å²) in [5, 5.41) is 12.5. The Hall–Kier alpha value is -2.67. The summed E-state index contributed by atoms with van der Waals surface area (Å²) >= 11 is 0. The first-order valence-electron chi connectivity index (χ1n) is 8.32. The molecule has 2 N–H and O–H groups in total. The average molecular weight is 342 g/mol. The highest BCUT2D eigenvalue weighted by Gasteiger charge is 2.26. The first-order valence-corrected chi connectivity index (χ1v) is 8.32. The molecule has 132 valence electrons. The van der Waals surface area contributed by atoms with Crippen molar-refractivity contribution in [3.05, 3.63) is 42.1 Å². The van der Waals surface area contributed by atoms with Crippen molar-refractivity contribution in [2.24, 2.45) is 5.92 Å². The van der Waals surface area contributed by atoms with Gasteiger partial charge in [-0.15, -0.1) is 0 Å². The Balaban J connectivity index is 1.86. The first-order chi connectivity index (χ1) is 12.2. The van der Waals surface area contributed by atoms with Crippen molar-refractivity contribution in [1.29, 1.82) is 0 Å². The molecule has 0 amide bonds. The van der Waals surface area contributed by atoms with Crippen LogP contribution < -0.4 is 10.2 Å². The fourth-order valence-corrected chi connectivity index (χ4v) is 2.96. The number of carboxylic acid groups (broad SMARTS) is 1. The molecule has 0 spiro atoms. The van der Waals surface area contributed by atoms with Crippen LogP contribution in [0.4, 0.5) is 17.5 Å². The number of anilines is 3. The average Bonchev–Trinajstić information content (AvgIpc) is 2.63. The smallest absolute Gasteiger partial charge is 0.308 e. The number of aliphatic carboxylic acids is 1. The van der Waals surface area contributed by atoms with Gasteiger partial charge in [0.05, 0.1) is 18.2 Å². The quantitative estimate of drug-likeness (QED) is 0.834. The lowest BCUT2D eigenvalue weighted by atomic mass is 9.98. The van der Waals surface area contributed by atoms with E-state index in [2.05, 4.69) is 15.3 Å². The molecule has 1 saturated heterocycles. The van der Waals surface area contributed by atoms with Crippen LogP contribution >= 0.6 is 0 Å². The van der Waals surface area contributed by atoms with Gasteiger partial charge in [-0.05, 0) is 25.0 Å². The summed E-state index contributed by atoms with van der Waals surface area (Å²) in [6.07, 6.45) is 1.54. The van der Waals surface area contributed by atoms with E-state index >= 15 is 0 Å². The largest absolute Gasteiger partial charge is 0.481 e. The zero-order chi connectivity index (χ0) is 17.6. The van der Waals surface area contributed by atoms with Gasteiger partial charge in [0.25, 0.3) is 0 Å². The molecule has 0 aliphatic carbocycles. The van der Waals surface area contributed by atoms with Crippen molar-refractivity contribution in [3.63, 3.8) is 0 Å². The maximum atomic E-state index is 11.3. The highest BCUT2D eigenvalue weighted by Crippen LogP contribution is 2.24. The standard InChI is InChI=1S/C18H22N4O3/c1-25-12-15-10-16(22-9-5-6-13(11-22)17(23)24)21-18(20-15)19-14-7-3-2-4-8-14/h2-4,7-8,10,13H,5-6,9,11-12H2,1H3,(H,23,24)(H,19,20,21). The molecule has 1 aliphatic rings. The van der Waals surface area contributed by atoms with Crippen molar-refractivity contribution in [2.75, 3.05) is 30.4 Å². The number of carbonyl (C=O) groups is 1. The number of methoxy groups -OCH3 is 1. The molecule has 1 unspecified atom stereocenters. The minimum Gasteiger partial charge on any atom is -0.481 e. The third-order valence-corrected chi connectivity index (χ3v) is 4.18. The van der Waals surface area contributed by atoms with Gasteiger partial charge >= 0.3 is 5.97 Å². The second-order valence-corrected chi connectivity index (χ2v) is 6.09. The normalized spacial score (nSPS) is 17.3. The number of hydrogen-bond acceptors (Lipinski definition) is 6. The van der Waals surface area contributed by atoms with Crippen LogP contribution in [0.5, 0.6) is 0 Å². The molecule has 2 aromatic rings. The topological polar surface area (TPSA) is 87.6 Å². The minimum atomic E-state index is -0.751. The Morgan fingerprint density at radius 3 is 2.88 bits per heavy atom. The number of para-hydroxylation sites is 1. The van der Waals surface area contributed by atoms with E-state index in [-0.39, 0.29) is 5.92 Å². The van der Waals surface area contributed by atoms with Crippen LogP contribution in [0.15, 0.2) is 36.4 Å². The summed E-state index contributed by atoms with van der Waals surface area (Å²) < 4.78 is 5.20. The SMILES string of the molecule is COCc1cc(N2CCCC(C(=O)O)C2)nc(Nc2ccccc2)n1. The van der Waals surface area contributed by atoms with E-state index in [4.69, 9.17) is 4.74 Å². The molecule has 7 heteroatoms. The molecule has 2 heterocycles. The van der Waals surface area contributed by atoms with E-state index in [1.54, 1.807) is 7.11 Å². The molecule has 0 saturated carbocycles. The molecule has 1 aliphatic heterocycles. The van der Waals surface area contributed by atoms with Gasteiger partial charge in [0.15, 0.2) is 0 Å². The first kappa shape index (κ1) is 17.2. The van der Waals surface area contributed by atoms with E-state index < -0.39 is 5.97 Å². The maximum Gasteiger partial charge on any atom is 0.308 e. The van der Waals surface area contributed by atoms with Crippen LogP contribution in [0.2, 0.25) is 0 Å². The van der Waals surface area contributed by atoms with Crippen LogP contribution in [-0.4, -0.2) is 41.2 Å². The van der Waals surface area contributed by atoms with Gasteiger partial charge in [-0.3, -0.25) is 4.79 Å². The van der Waals surface area contributed by atoms with Gasteiger partial charge in [-0.1, -0.05) is 18.2 Å². The van der Waals surface area contributed by atoms with Gasteiger partial charge in [0.1, 0.15) is 5.82 Å². The summed E-state index contributed by atoms with van der Waals surface area (Å²) in [5.41, 5.74) is 1.65. The number of benzene rings is 1. The fraction of sp³-hybridized carbons (Fsp3) is 0.389. The number of nitrogens with zero attached hydrogens (tertiary/aromatic N) is 3. The highest BCUT2D eigenvalue weighted by atomic mass is 16.5. The molecule has 3 rings (SSSR count). The summed E-state index contributed by atoms with van der Waals surface area (Å²) in [7, 11) is 1.62. The molecule has 1 atom stereocenters. The number of piperidine rings is 1. The molecule has 1 aromatic carbocycles. The van der Waals surface area contributed by atoms with Crippen LogP contribution in [-0.2, 0) is 16.1 Å². The number of rotatable bonds is 6. The van der Waals surface area contributed by atoms with E-state index in [1.807, 2.05) is 41.3 Å². The Kier molecular flexibility index (Phi) is 5.45. The minimum absolute atomic E-state index is 0.361. The third-order valence-electron chi connectivity index (χ3n) is 4.18. The van der Waals surface area contributed by atoms with E-state index in [9.17, 15) is 9.90 Å². The predicted octanol–water partition coefficient (Wildman–Crippen LogP) is 2.67. The Bertz CT molecular complexity index is 724. The molecule has 0 bridgehead atoms. The maximum absolute atomic E-state index is 11.3. The van der Waals surface area contributed by atoms with Crippen molar-refractivity contribution in [1.82, 2.24) is 9.97 Å². The number of nitrogens with one attached hydrogen (secondary N) is 1. The fourth-order valence-electron chi connectivity index (χ4n) is 2.96. The molecule has 1 fully saturated rings. The number of hydrogen-bond donors (Lipinski definition) is 2. The van der Waals surface area contributed by atoms with Gasteiger partial charge in [0.2, 0.25) is 5.95 Å². The van der Waals surface area contributed by atoms with E-state index in [0.717, 1.165) is 30.2 Å². The Morgan fingerprint density at radius 1 is 1.36 bits per heavy atom. The van der Waals surface area contributed by atoms with Crippen molar-refractivity contribution in [2.45, 2.75) is 19.4 Å². The van der Waals surface area contributed by atoms with Crippen molar-refractivity contribution >= 4 is 23.4 Å². The van der Waals surface area contributed by atoms with E-state index in [1.165, 1.54) is 0 Å². The molecular formula is C18H22N4O3. The van der Waals surface area contributed by atoms with Gasteiger partial charge in [0, 0.05) is 32.0 Å².